The number of fused-ring (bicyclic) bond motifs is 5. The van der Waals surface area contributed by atoms with E-state index in [1.807, 2.05) is 6.92 Å². The molecule has 9 unspecified atom stereocenters. The van der Waals surface area contributed by atoms with Gasteiger partial charge in [-0.15, -0.1) is 0 Å². The van der Waals surface area contributed by atoms with Gasteiger partial charge in [0.15, 0.2) is 5.79 Å². The number of hydrogen-bond donors (Lipinski definition) is 2. The van der Waals surface area contributed by atoms with Crippen LogP contribution in [0.25, 0.3) is 0 Å². The molecule has 4 saturated heterocycles. The largest absolute Gasteiger partial charge is 0.457 e. The fraction of sp³-hybridized carbons (Fsp3) is 0.850. The summed E-state index contributed by atoms with van der Waals surface area (Å²) in [5, 5.41) is 21.6. The van der Waals surface area contributed by atoms with E-state index in [-0.39, 0.29) is 40.8 Å². The Balaban J connectivity index is 1.54. The molecule has 2 saturated carbocycles. The number of rotatable bonds is 0. The zero-order valence-corrected chi connectivity index (χ0v) is 15.2. The van der Waals surface area contributed by atoms with Crippen LogP contribution < -0.4 is 0 Å². The first-order valence-electron chi connectivity index (χ1n) is 9.85. The van der Waals surface area contributed by atoms with E-state index in [9.17, 15) is 15.0 Å². The smallest absolute Gasteiger partial charge is 0.318 e. The van der Waals surface area contributed by atoms with Crippen LogP contribution in [0, 0.1) is 28.1 Å². The fourth-order valence-electron chi connectivity index (χ4n) is 7.49. The third-order valence-electron chi connectivity index (χ3n) is 9.07. The molecule has 1 spiro atoms. The molecule has 0 radical (unpaired) electrons. The van der Waals surface area contributed by atoms with Gasteiger partial charge in [-0.25, -0.2) is 0 Å². The first-order chi connectivity index (χ1) is 12.3. The van der Waals surface area contributed by atoms with Crippen LogP contribution in [0.2, 0.25) is 0 Å². The second-order valence-electron chi connectivity index (χ2n) is 9.85. The third-order valence-corrected chi connectivity index (χ3v) is 9.07. The number of aliphatic hydroxyl groups excluding tert-OH is 1. The van der Waals surface area contributed by atoms with Crippen molar-refractivity contribution < 1.29 is 29.2 Å². The Kier molecular flexibility index (Phi) is 2.70. The normalized spacial score (nSPS) is 62.2. The Morgan fingerprint density at radius 3 is 2.77 bits per heavy atom. The van der Waals surface area contributed by atoms with Crippen molar-refractivity contribution >= 4 is 5.97 Å². The van der Waals surface area contributed by atoms with Gasteiger partial charge in [-0.3, -0.25) is 4.79 Å². The standard InChI is InChI=1S/C20H26O6/c1-17-4-3-11-10(15(17)24-8-13(17)21)7-12-14-18(2,16(22)26-12)20(23)6-5-19(11,14)9-25-20/h7,11-15,21,23H,3-6,8-9H2,1-2H3. The maximum absolute atomic E-state index is 12.9. The number of aliphatic hydroxyl groups is 2. The highest BCUT2D eigenvalue weighted by molar-refractivity contribution is 5.82. The Morgan fingerprint density at radius 1 is 1.23 bits per heavy atom. The van der Waals surface area contributed by atoms with Gasteiger partial charge >= 0.3 is 5.97 Å². The van der Waals surface area contributed by atoms with Gasteiger partial charge in [-0.1, -0.05) is 6.92 Å². The highest BCUT2D eigenvalue weighted by Gasteiger charge is 2.79. The average molecular weight is 362 g/mol. The number of ether oxygens (including phenoxy) is 3. The average Bonchev–Trinajstić information content (AvgIpc) is 3.06. The molecule has 26 heavy (non-hydrogen) atoms. The molecule has 4 heterocycles. The minimum atomic E-state index is -1.42. The van der Waals surface area contributed by atoms with Crippen molar-refractivity contribution in [1.82, 2.24) is 0 Å². The Bertz CT molecular complexity index is 737. The maximum Gasteiger partial charge on any atom is 0.318 e. The molecular weight excluding hydrogens is 336 g/mol. The molecule has 2 bridgehead atoms. The quantitative estimate of drug-likeness (QED) is 0.497. The summed E-state index contributed by atoms with van der Waals surface area (Å²) in [5.41, 5.74) is -0.293. The summed E-state index contributed by atoms with van der Waals surface area (Å²) < 4.78 is 17.8. The summed E-state index contributed by atoms with van der Waals surface area (Å²) in [7, 11) is 0. The number of hydrogen-bond acceptors (Lipinski definition) is 6. The lowest BCUT2D eigenvalue weighted by atomic mass is 9.42. The molecule has 6 fully saturated rings. The SMILES string of the molecule is CC12CCC3C(=CC4OC(=O)C5(C)C4C34CCC5(O)OC4)C1OCC2O. The van der Waals surface area contributed by atoms with Gasteiger partial charge in [0.2, 0.25) is 0 Å². The van der Waals surface area contributed by atoms with Crippen molar-refractivity contribution in [2.45, 2.75) is 63.6 Å². The van der Waals surface area contributed by atoms with Crippen LogP contribution in [-0.2, 0) is 19.0 Å². The molecule has 7 aliphatic rings. The van der Waals surface area contributed by atoms with Gasteiger partial charge in [0, 0.05) is 23.2 Å². The monoisotopic (exact) mass is 362 g/mol. The molecule has 7 rings (SSSR count). The molecule has 4 aliphatic heterocycles. The molecule has 0 aromatic rings. The lowest BCUT2D eigenvalue weighted by Crippen LogP contribution is -2.72. The fourth-order valence-corrected chi connectivity index (χ4v) is 7.49. The van der Waals surface area contributed by atoms with E-state index >= 15 is 0 Å². The molecule has 0 amide bonds. The summed E-state index contributed by atoms with van der Waals surface area (Å²) in [6.45, 7) is 4.76. The molecule has 3 aliphatic carbocycles. The van der Waals surface area contributed by atoms with Gasteiger partial charge in [0.05, 0.1) is 25.4 Å². The first kappa shape index (κ1) is 16.0. The molecular formula is C20H26O6. The number of esters is 1. The minimum Gasteiger partial charge on any atom is -0.457 e. The Morgan fingerprint density at radius 2 is 2.04 bits per heavy atom. The van der Waals surface area contributed by atoms with Crippen molar-refractivity contribution in [2.75, 3.05) is 13.2 Å². The summed E-state index contributed by atoms with van der Waals surface area (Å²) in [6, 6.07) is 0. The predicted octanol–water partition coefficient (Wildman–Crippen LogP) is 1.15. The zero-order chi connectivity index (χ0) is 18.1. The van der Waals surface area contributed by atoms with Crippen molar-refractivity contribution in [2.24, 2.45) is 28.1 Å². The molecule has 142 valence electrons. The van der Waals surface area contributed by atoms with Gasteiger partial charge < -0.3 is 24.4 Å². The summed E-state index contributed by atoms with van der Waals surface area (Å²) >= 11 is 0. The molecule has 6 nitrogen and oxygen atoms in total. The number of carbonyl (C=O) groups excluding carboxylic acids is 1. The van der Waals surface area contributed by atoms with Crippen molar-refractivity contribution in [3.8, 4) is 0 Å². The molecule has 0 aromatic carbocycles. The van der Waals surface area contributed by atoms with Crippen molar-refractivity contribution in [3.05, 3.63) is 11.6 Å². The van der Waals surface area contributed by atoms with E-state index in [4.69, 9.17) is 14.2 Å². The van der Waals surface area contributed by atoms with E-state index in [2.05, 4.69) is 13.0 Å². The van der Waals surface area contributed by atoms with E-state index in [0.29, 0.717) is 19.6 Å². The van der Waals surface area contributed by atoms with Crippen LogP contribution in [0.4, 0.5) is 0 Å². The summed E-state index contributed by atoms with van der Waals surface area (Å²) in [5.74, 6) is -1.56. The van der Waals surface area contributed by atoms with E-state index in [0.717, 1.165) is 19.3 Å². The zero-order valence-electron chi connectivity index (χ0n) is 15.2. The topological polar surface area (TPSA) is 85.2 Å². The van der Waals surface area contributed by atoms with Crippen molar-refractivity contribution in [3.63, 3.8) is 0 Å². The first-order valence-corrected chi connectivity index (χ1v) is 9.85. The Labute approximate surface area is 152 Å². The molecule has 2 N–H and O–H groups in total. The Hall–Kier alpha value is -0.950. The molecule has 0 aromatic heterocycles. The lowest BCUT2D eigenvalue weighted by Gasteiger charge is -2.66. The number of carbonyl (C=O) groups is 1. The highest BCUT2D eigenvalue weighted by atomic mass is 16.6. The van der Waals surface area contributed by atoms with Gasteiger partial charge in [0.25, 0.3) is 0 Å². The van der Waals surface area contributed by atoms with Crippen LogP contribution in [0.15, 0.2) is 11.6 Å². The summed E-state index contributed by atoms with van der Waals surface area (Å²) in [6.07, 6.45) is 4.33. The van der Waals surface area contributed by atoms with E-state index in [1.54, 1.807) is 0 Å². The highest BCUT2D eigenvalue weighted by Crippen LogP contribution is 2.72. The molecule has 6 heteroatoms. The van der Waals surface area contributed by atoms with Crippen LogP contribution in [0.1, 0.15) is 39.5 Å². The van der Waals surface area contributed by atoms with Gasteiger partial charge in [-0.2, -0.15) is 0 Å². The van der Waals surface area contributed by atoms with Gasteiger partial charge in [-0.05, 0) is 43.8 Å². The van der Waals surface area contributed by atoms with Crippen LogP contribution in [0.5, 0.6) is 0 Å². The second kappa shape index (κ2) is 4.37. The molecule has 9 atom stereocenters. The summed E-state index contributed by atoms with van der Waals surface area (Å²) in [4.78, 5) is 12.9. The maximum atomic E-state index is 12.9. The minimum absolute atomic E-state index is 0.0561. The third kappa shape index (κ3) is 1.41. The van der Waals surface area contributed by atoms with Crippen molar-refractivity contribution in [1.29, 1.82) is 0 Å². The van der Waals surface area contributed by atoms with E-state index in [1.165, 1.54) is 5.57 Å². The van der Waals surface area contributed by atoms with E-state index < -0.39 is 17.3 Å². The van der Waals surface area contributed by atoms with Crippen LogP contribution >= 0.6 is 0 Å². The second-order valence-corrected chi connectivity index (χ2v) is 9.85. The van der Waals surface area contributed by atoms with Crippen LogP contribution in [-0.4, -0.2) is 53.5 Å². The lowest BCUT2D eigenvalue weighted by molar-refractivity contribution is -0.367. The van der Waals surface area contributed by atoms with Crippen LogP contribution in [0.3, 0.4) is 0 Å². The van der Waals surface area contributed by atoms with Gasteiger partial charge in [0.1, 0.15) is 11.5 Å². The predicted molar refractivity (Wildman–Crippen MR) is 88.7 cm³/mol.